The number of aryl methyl sites for hydroxylation is 1. The van der Waals surface area contributed by atoms with Gasteiger partial charge in [0.1, 0.15) is 0 Å². The largest absolute Gasteiger partial charge is 0.356 e. The first-order chi connectivity index (χ1) is 13.3. The van der Waals surface area contributed by atoms with Crippen molar-refractivity contribution < 1.29 is 0 Å². The lowest BCUT2D eigenvalue weighted by molar-refractivity contribution is 0.369. The molecule has 0 radical (unpaired) electrons. The lowest BCUT2D eigenvalue weighted by Gasteiger charge is -2.36. The number of unbranched alkanes of at least 4 members (excludes halogenated alkanes) is 1. The van der Waals surface area contributed by atoms with Crippen LogP contribution in [0.2, 0.25) is 0 Å². The topological polar surface area (TPSA) is 78.7 Å². The van der Waals surface area contributed by atoms with Crippen molar-refractivity contribution in [2.24, 2.45) is 4.99 Å². The Labute approximate surface area is 182 Å². The van der Waals surface area contributed by atoms with Crippen molar-refractivity contribution in [2.45, 2.75) is 19.4 Å². The van der Waals surface area contributed by atoms with Crippen LogP contribution in [-0.2, 0) is 6.54 Å². The second-order valence-corrected chi connectivity index (χ2v) is 6.44. The van der Waals surface area contributed by atoms with Gasteiger partial charge < -0.3 is 19.7 Å². The molecule has 0 aliphatic carbocycles. The number of nitrogens with one attached hydrogen (secondary N) is 1. The molecule has 2 aromatic heterocycles. The van der Waals surface area contributed by atoms with E-state index in [9.17, 15) is 4.79 Å². The standard InChI is InChI=1S/C19H27N7O.HI/c1-20-18(21-8-3-5-12-24-11-4-2-7-17(24)27)25-13-15-26(16-14-25)19-22-9-6-10-23-19;/h2,4,6-7,9-11H,3,5,8,12-16H2,1H3,(H,20,21);1H. The van der Waals surface area contributed by atoms with Crippen molar-refractivity contribution in [3.05, 3.63) is 53.2 Å². The Hall–Kier alpha value is -2.17. The number of hydrogen-bond acceptors (Lipinski definition) is 5. The molecule has 8 nitrogen and oxygen atoms in total. The Balaban J connectivity index is 0.00000280. The highest BCUT2D eigenvalue weighted by molar-refractivity contribution is 14.0. The summed E-state index contributed by atoms with van der Waals surface area (Å²) in [5.41, 5.74) is 0.0570. The summed E-state index contributed by atoms with van der Waals surface area (Å²) in [6.45, 7) is 5.12. The summed E-state index contributed by atoms with van der Waals surface area (Å²) in [7, 11) is 1.82. The van der Waals surface area contributed by atoms with E-state index in [1.165, 1.54) is 0 Å². The summed E-state index contributed by atoms with van der Waals surface area (Å²) in [6, 6.07) is 7.09. The van der Waals surface area contributed by atoms with Gasteiger partial charge in [-0.05, 0) is 25.0 Å². The van der Waals surface area contributed by atoms with Gasteiger partial charge in [0.15, 0.2) is 5.96 Å². The predicted octanol–water partition coefficient (Wildman–Crippen LogP) is 1.43. The monoisotopic (exact) mass is 497 g/mol. The van der Waals surface area contributed by atoms with Gasteiger partial charge in [0.25, 0.3) is 0 Å². The van der Waals surface area contributed by atoms with Gasteiger partial charge in [0.05, 0.1) is 0 Å². The molecule has 1 N–H and O–H groups in total. The van der Waals surface area contributed by atoms with Crippen LogP contribution in [0.15, 0.2) is 52.6 Å². The lowest BCUT2D eigenvalue weighted by atomic mass is 10.3. The van der Waals surface area contributed by atoms with E-state index in [2.05, 4.69) is 30.1 Å². The summed E-state index contributed by atoms with van der Waals surface area (Å²) < 4.78 is 1.75. The minimum absolute atomic E-state index is 0. The van der Waals surface area contributed by atoms with Gasteiger partial charge in [0.2, 0.25) is 11.5 Å². The molecule has 0 unspecified atom stereocenters. The Kier molecular flexibility index (Phi) is 9.18. The highest BCUT2D eigenvalue weighted by atomic mass is 127. The number of aliphatic imine (C=N–C) groups is 1. The molecule has 9 heteroatoms. The lowest BCUT2D eigenvalue weighted by Crippen LogP contribution is -2.53. The van der Waals surface area contributed by atoms with Gasteiger partial charge in [0, 0.05) is 71.0 Å². The van der Waals surface area contributed by atoms with Crippen molar-refractivity contribution in [2.75, 3.05) is 44.7 Å². The first kappa shape index (κ1) is 22.1. The fourth-order valence-corrected chi connectivity index (χ4v) is 3.16. The van der Waals surface area contributed by atoms with E-state index in [0.29, 0.717) is 0 Å². The van der Waals surface area contributed by atoms with Gasteiger partial charge in [-0.25, -0.2) is 9.97 Å². The van der Waals surface area contributed by atoms with E-state index in [1.807, 2.05) is 25.4 Å². The molecule has 3 rings (SSSR count). The van der Waals surface area contributed by atoms with Gasteiger partial charge in [-0.3, -0.25) is 9.79 Å². The van der Waals surface area contributed by atoms with Crippen molar-refractivity contribution >= 4 is 35.9 Å². The SMILES string of the molecule is CN=C(NCCCCn1ccccc1=O)N1CCN(c2ncccn2)CC1.I. The number of anilines is 1. The zero-order valence-corrected chi connectivity index (χ0v) is 18.5. The van der Waals surface area contributed by atoms with Crippen LogP contribution in [0, 0.1) is 0 Å². The Morgan fingerprint density at radius 3 is 2.54 bits per heavy atom. The van der Waals surface area contributed by atoms with E-state index in [4.69, 9.17) is 0 Å². The molecule has 0 amide bonds. The fraction of sp³-hybridized carbons (Fsp3) is 0.474. The highest BCUT2D eigenvalue weighted by Crippen LogP contribution is 2.09. The van der Waals surface area contributed by atoms with Gasteiger partial charge in [-0.2, -0.15) is 0 Å². The second-order valence-electron chi connectivity index (χ2n) is 6.44. The van der Waals surface area contributed by atoms with Crippen LogP contribution in [0.5, 0.6) is 0 Å². The summed E-state index contributed by atoms with van der Waals surface area (Å²) in [5.74, 6) is 1.72. The summed E-state index contributed by atoms with van der Waals surface area (Å²) >= 11 is 0. The molecule has 3 heterocycles. The molecule has 1 aliphatic heterocycles. The second kappa shape index (κ2) is 11.6. The van der Waals surface area contributed by atoms with E-state index >= 15 is 0 Å². The van der Waals surface area contributed by atoms with Gasteiger partial charge >= 0.3 is 0 Å². The van der Waals surface area contributed by atoms with Crippen LogP contribution in [-0.4, -0.2) is 65.2 Å². The number of rotatable bonds is 6. The molecule has 0 saturated carbocycles. The predicted molar refractivity (Wildman–Crippen MR) is 123 cm³/mol. The van der Waals surface area contributed by atoms with Crippen LogP contribution in [0.4, 0.5) is 5.95 Å². The third-order valence-corrected chi connectivity index (χ3v) is 4.63. The normalized spacial score (nSPS) is 14.5. The minimum Gasteiger partial charge on any atom is -0.356 e. The molecular weight excluding hydrogens is 469 g/mol. The molecule has 1 saturated heterocycles. The third kappa shape index (κ3) is 6.18. The Morgan fingerprint density at radius 1 is 1.11 bits per heavy atom. The average Bonchev–Trinajstić information content (AvgIpc) is 2.73. The molecule has 0 atom stereocenters. The van der Waals surface area contributed by atoms with E-state index in [-0.39, 0.29) is 29.5 Å². The molecule has 0 aromatic carbocycles. The number of halogens is 1. The van der Waals surface area contributed by atoms with Crippen molar-refractivity contribution in [1.82, 2.24) is 24.8 Å². The Morgan fingerprint density at radius 2 is 1.86 bits per heavy atom. The number of guanidine groups is 1. The Bertz CT molecular complexity index is 788. The van der Waals surface area contributed by atoms with Crippen LogP contribution in [0.25, 0.3) is 0 Å². The number of piperazine rings is 1. The molecule has 152 valence electrons. The van der Waals surface area contributed by atoms with E-state index < -0.39 is 0 Å². The van der Waals surface area contributed by atoms with Crippen molar-refractivity contribution in [3.8, 4) is 0 Å². The van der Waals surface area contributed by atoms with Crippen LogP contribution in [0.1, 0.15) is 12.8 Å². The maximum absolute atomic E-state index is 11.7. The van der Waals surface area contributed by atoms with Gasteiger partial charge in [-0.15, -0.1) is 24.0 Å². The number of nitrogens with zero attached hydrogens (tertiary/aromatic N) is 6. The number of aromatic nitrogens is 3. The molecule has 28 heavy (non-hydrogen) atoms. The first-order valence-corrected chi connectivity index (χ1v) is 9.41. The highest BCUT2D eigenvalue weighted by Gasteiger charge is 2.20. The van der Waals surface area contributed by atoms with E-state index in [1.54, 1.807) is 29.1 Å². The average molecular weight is 497 g/mol. The van der Waals surface area contributed by atoms with Crippen LogP contribution < -0.4 is 15.8 Å². The molecule has 2 aromatic rings. The summed E-state index contributed by atoms with van der Waals surface area (Å²) in [4.78, 5) is 29.2. The quantitative estimate of drug-likeness (QED) is 0.282. The van der Waals surface area contributed by atoms with Crippen LogP contribution >= 0.6 is 24.0 Å². The molecule has 1 fully saturated rings. The summed E-state index contributed by atoms with van der Waals surface area (Å²) in [6.07, 6.45) is 7.33. The fourth-order valence-electron chi connectivity index (χ4n) is 3.16. The number of pyridine rings is 1. The molecule has 1 aliphatic rings. The first-order valence-electron chi connectivity index (χ1n) is 9.41. The van der Waals surface area contributed by atoms with Crippen molar-refractivity contribution in [1.29, 1.82) is 0 Å². The third-order valence-electron chi connectivity index (χ3n) is 4.63. The smallest absolute Gasteiger partial charge is 0.250 e. The molecular formula is C19H28IN7O. The summed E-state index contributed by atoms with van der Waals surface area (Å²) in [5, 5.41) is 3.43. The zero-order chi connectivity index (χ0) is 18.9. The number of hydrogen-bond donors (Lipinski definition) is 1. The van der Waals surface area contributed by atoms with Gasteiger partial charge in [-0.1, -0.05) is 6.07 Å². The molecule has 0 spiro atoms. The van der Waals surface area contributed by atoms with E-state index in [0.717, 1.165) is 64.0 Å². The maximum atomic E-state index is 11.7. The zero-order valence-electron chi connectivity index (χ0n) is 16.2. The molecule has 0 bridgehead atoms. The van der Waals surface area contributed by atoms with Crippen LogP contribution in [0.3, 0.4) is 0 Å². The van der Waals surface area contributed by atoms with Crippen molar-refractivity contribution in [3.63, 3.8) is 0 Å². The maximum Gasteiger partial charge on any atom is 0.250 e. The minimum atomic E-state index is 0.